The molecule has 3 aromatic rings. The highest BCUT2D eigenvalue weighted by atomic mass is 35.5. The number of piperazine rings is 1. The Morgan fingerprint density at radius 3 is 2.66 bits per heavy atom. The Balaban J connectivity index is 0.00000150. The van der Waals surface area contributed by atoms with Gasteiger partial charge >= 0.3 is 0 Å². The van der Waals surface area contributed by atoms with E-state index in [0.717, 1.165) is 25.1 Å². The van der Waals surface area contributed by atoms with E-state index in [-0.39, 0.29) is 36.8 Å². The van der Waals surface area contributed by atoms with Gasteiger partial charge in [0.1, 0.15) is 0 Å². The molecule has 1 aliphatic rings. The number of aromatic nitrogens is 3. The molecule has 1 amide bonds. The molecule has 29 heavy (non-hydrogen) atoms. The van der Waals surface area contributed by atoms with Crippen molar-refractivity contribution in [2.45, 2.75) is 19.4 Å². The average Bonchev–Trinajstić information content (AvgIpc) is 3.28. The minimum absolute atomic E-state index is 0. The van der Waals surface area contributed by atoms with Gasteiger partial charge in [0, 0.05) is 43.8 Å². The normalized spacial score (nSPS) is 15.9. The minimum Gasteiger partial charge on any atom is -0.329 e. The molecular weight excluding hydrogens is 409 g/mol. The molecule has 6 nitrogen and oxygen atoms in total. The second-order valence-electron chi connectivity index (χ2n) is 6.67. The van der Waals surface area contributed by atoms with Crippen LogP contribution in [-0.2, 0) is 6.42 Å². The molecule has 4 rings (SSSR count). The largest absolute Gasteiger partial charge is 0.329 e. The fourth-order valence-corrected chi connectivity index (χ4v) is 3.47. The first kappa shape index (κ1) is 22.9. The number of nitrogens with one attached hydrogen (secondary N) is 1. The summed E-state index contributed by atoms with van der Waals surface area (Å²) in [4.78, 5) is 19.6. The van der Waals surface area contributed by atoms with Crippen LogP contribution in [0.25, 0.3) is 5.82 Å². The lowest BCUT2D eigenvalue weighted by Crippen LogP contribution is -2.48. The summed E-state index contributed by atoms with van der Waals surface area (Å²) in [5.74, 6) is 0.668. The fraction of sp³-hybridized carbons (Fsp3) is 0.286. The molecule has 0 saturated carbocycles. The Hall–Kier alpha value is -2.41. The standard InChI is InChI=1S/C21H23N5O.2ClH/c1-2-16-4-6-17(7-5-16)19-15-22-11-13-25(19)21(27)18-8-10-23-20(14-18)26-12-3-9-24-26;;/h3-10,12,14,19,22H,2,11,13,15H2,1H3;2*1H. The molecular formula is C21H25Cl2N5O. The number of hydrogen-bond acceptors (Lipinski definition) is 4. The van der Waals surface area contributed by atoms with Crippen LogP contribution < -0.4 is 5.32 Å². The number of hydrogen-bond donors (Lipinski definition) is 1. The van der Waals surface area contributed by atoms with Gasteiger partial charge in [-0.05, 0) is 35.7 Å². The smallest absolute Gasteiger partial charge is 0.254 e. The lowest BCUT2D eigenvalue weighted by molar-refractivity contribution is 0.0634. The van der Waals surface area contributed by atoms with Crippen molar-refractivity contribution in [3.8, 4) is 5.82 Å². The number of rotatable bonds is 4. The van der Waals surface area contributed by atoms with Crippen LogP contribution in [0.3, 0.4) is 0 Å². The number of benzene rings is 1. The molecule has 0 aliphatic carbocycles. The molecule has 1 N–H and O–H groups in total. The van der Waals surface area contributed by atoms with E-state index < -0.39 is 0 Å². The summed E-state index contributed by atoms with van der Waals surface area (Å²) in [6, 6.07) is 14.0. The molecule has 1 atom stereocenters. The van der Waals surface area contributed by atoms with Gasteiger partial charge in [-0.2, -0.15) is 5.10 Å². The third-order valence-corrected chi connectivity index (χ3v) is 5.01. The van der Waals surface area contributed by atoms with Crippen LogP contribution >= 0.6 is 24.8 Å². The Kier molecular flexibility index (Phi) is 8.20. The van der Waals surface area contributed by atoms with Crippen LogP contribution in [0.1, 0.15) is 34.5 Å². The SMILES string of the molecule is CCc1ccc(C2CNCCN2C(=O)c2ccnc(-n3cccn3)c2)cc1.Cl.Cl. The highest BCUT2D eigenvalue weighted by Gasteiger charge is 2.28. The molecule has 0 spiro atoms. The first-order valence-corrected chi connectivity index (χ1v) is 9.33. The lowest BCUT2D eigenvalue weighted by atomic mass is 10.00. The summed E-state index contributed by atoms with van der Waals surface area (Å²) in [6.07, 6.45) is 6.19. The minimum atomic E-state index is 0. The average molecular weight is 434 g/mol. The molecule has 1 aromatic carbocycles. The molecule has 3 heterocycles. The molecule has 154 valence electrons. The molecule has 0 bridgehead atoms. The van der Waals surface area contributed by atoms with Crippen molar-refractivity contribution in [2.75, 3.05) is 19.6 Å². The monoisotopic (exact) mass is 433 g/mol. The van der Waals surface area contributed by atoms with Crippen molar-refractivity contribution < 1.29 is 4.79 Å². The van der Waals surface area contributed by atoms with E-state index in [1.165, 1.54) is 5.56 Å². The molecule has 1 fully saturated rings. The summed E-state index contributed by atoms with van der Waals surface area (Å²) in [5.41, 5.74) is 3.10. The van der Waals surface area contributed by atoms with Gasteiger partial charge in [0.05, 0.1) is 6.04 Å². The summed E-state index contributed by atoms with van der Waals surface area (Å²) >= 11 is 0. The number of pyridine rings is 1. The van der Waals surface area contributed by atoms with Crippen LogP contribution in [0, 0.1) is 0 Å². The Morgan fingerprint density at radius 2 is 1.97 bits per heavy atom. The van der Waals surface area contributed by atoms with E-state index in [4.69, 9.17) is 0 Å². The van der Waals surface area contributed by atoms with E-state index in [2.05, 4.69) is 46.6 Å². The second-order valence-corrected chi connectivity index (χ2v) is 6.67. The Bertz CT molecular complexity index is 915. The maximum Gasteiger partial charge on any atom is 0.254 e. The Morgan fingerprint density at radius 1 is 1.17 bits per heavy atom. The number of nitrogens with zero attached hydrogens (tertiary/aromatic N) is 4. The van der Waals surface area contributed by atoms with E-state index in [9.17, 15) is 4.79 Å². The first-order valence-electron chi connectivity index (χ1n) is 9.33. The van der Waals surface area contributed by atoms with Crippen molar-refractivity contribution in [1.29, 1.82) is 0 Å². The number of amides is 1. The van der Waals surface area contributed by atoms with Gasteiger partial charge in [0.2, 0.25) is 0 Å². The molecule has 1 aliphatic heterocycles. The third kappa shape index (κ3) is 4.96. The zero-order chi connectivity index (χ0) is 18.6. The molecule has 2 aromatic heterocycles. The maximum absolute atomic E-state index is 13.3. The van der Waals surface area contributed by atoms with Gasteiger partial charge in [-0.3, -0.25) is 4.79 Å². The van der Waals surface area contributed by atoms with Crippen LogP contribution in [-0.4, -0.2) is 45.2 Å². The van der Waals surface area contributed by atoms with Crippen LogP contribution in [0.2, 0.25) is 0 Å². The number of carbonyl (C=O) groups is 1. The molecule has 8 heteroatoms. The highest BCUT2D eigenvalue weighted by molar-refractivity contribution is 5.95. The van der Waals surface area contributed by atoms with Gasteiger partial charge in [-0.1, -0.05) is 31.2 Å². The predicted octanol–water partition coefficient (Wildman–Crippen LogP) is 3.46. The molecule has 1 saturated heterocycles. The van der Waals surface area contributed by atoms with Crippen LogP contribution in [0.5, 0.6) is 0 Å². The van der Waals surface area contributed by atoms with Crippen molar-refractivity contribution in [3.05, 3.63) is 77.7 Å². The zero-order valence-corrected chi connectivity index (χ0v) is 17.8. The fourth-order valence-electron chi connectivity index (χ4n) is 3.47. The molecule has 0 radical (unpaired) electrons. The predicted molar refractivity (Wildman–Crippen MR) is 118 cm³/mol. The van der Waals surface area contributed by atoms with E-state index in [0.29, 0.717) is 17.9 Å². The van der Waals surface area contributed by atoms with Gasteiger partial charge in [0.25, 0.3) is 5.91 Å². The summed E-state index contributed by atoms with van der Waals surface area (Å²) in [7, 11) is 0. The maximum atomic E-state index is 13.3. The number of aryl methyl sites for hydroxylation is 1. The lowest BCUT2D eigenvalue weighted by Gasteiger charge is -2.36. The van der Waals surface area contributed by atoms with E-state index in [1.54, 1.807) is 29.2 Å². The highest BCUT2D eigenvalue weighted by Crippen LogP contribution is 2.25. The second kappa shape index (κ2) is 10.4. The quantitative estimate of drug-likeness (QED) is 0.683. The number of halogens is 2. The first-order chi connectivity index (χ1) is 13.3. The van der Waals surface area contributed by atoms with Gasteiger partial charge in [-0.15, -0.1) is 24.8 Å². The van der Waals surface area contributed by atoms with Crippen molar-refractivity contribution in [1.82, 2.24) is 25.0 Å². The van der Waals surface area contributed by atoms with Crippen molar-refractivity contribution >= 4 is 30.7 Å². The van der Waals surface area contributed by atoms with Crippen LogP contribution in [0.15, 0.2) is 61.1 Å². The van der Waals surface area contributed by atoms with Gasteiger partial charge < -0.3 is 10.2 Å². The van der Waals surface area contributed by atoms with Gasteiger partial charge in [0.15, 0.2) is 5.82 Å². The van der Waals surface area contributed by atoms with E-state index in [1.807, 2.05) is 17.2 Å². The van der Waals surface area contributed by atoms with E-state index >= 15 is 0 Å². The number of carbonyl (C=O) groups excluding carboxylic acids is 1. The summed E-state index contributed by atoms with van der Waals surface area (Å²) in [6.45, 7) is 4.38. The van der Waals surface area contributed by atoms with Gasteiger partial charge in [-0.25, -0.2) is 9.67 Å². The summed E-state index contributed by atoms with van der Waals surface area (Å²) < 4.78 is 1.66. The summed E-state index contributed by atoms with van der Waals surface area (Å²) in [5, 5.41) is 7.61. The topological polar surface area (TPSA) is 63.1 Å². The Labute approximate surface area is 183 Å². The van der Waals surface area contributed by atoms with Crippen LogP contribution in [0.4, 0.5) is 0 Å². The molecule has 1 unspecified atom stereocenters. The zero-order valence-electron chi connectivity index (χ0n) is 16.2. The van der Waals surface area contributed by atoms with Crippen molar-refractivity contribution in [2.24, 2.45) is 0 Å². The third-order valence-electron chi connectivity index (χ3n) is 5.01. The van der Waals surface area contributed by atoms with Crippen molar-refractivity contribution in [3.63, 3.8) is 0 Å².